The van der Waals surface area contributed by atoms with Crippen LogP contribution in [0.2, 0.25) is 0 Å². The number of hydrogen-bond donors (Lipinski definition) is 1. The van der Waals surface area contributed by atoms with E-state index in [0.717, 1.165) is 41.0 Å². The highest BCUT2D eigenvalue weighted by atomic mass is 127. The Labute approximate surface area is 124 Å². The van der Waals surface area contributed by atoms with Crippen molar-refractivity contribution in [3.05, 3.63) is 27.6 Å². The topological polar surface area (TPSA) is 74.2 Å². The van der Waals surface area contributed by atoms with E-state index in [2.05, 4.69) is 32.7 Å². The maximum atomic E-state index is 5.96. The molecule has 0 amide bonds. The number of nitrogens with zero attached hydrogens (tertiary/aromatic N) is 2. The first-order valence-corrected chi connectivity index (χ1v) is 7.28. The lowest BCUT2D eigenvalue weighted by Gasteiger charge is -2.18. The van der Waals surface area contributed by atoms with Crippen LogP contribution in [0.4, 0.5) is 5.69 Å². The fourth-order valence-electron chi connectivity index (χ4n) is 2.18. The van der Waals surface area contributed by atoms with E-state index < -0.39 is 0 Å². The fraction of sp³-hybridized carbons (Fsp3) is 0.385. The highest BCUT2D eigenvalue weighted by Gasteiger charge is 2.22. The van der Waals surface area contributed by atoms with Crippen molar-refractivity contribution in [1.29, 1.82) is 0 Å². The molecule has 2 heterocycles. The van der Waals surface area contributed by atoms with Gasteiger partial charge in [0.25, 0.3) is 5.89 Å². The molecule has 1 aliphatic heterocycles. The highest BCUT2D eigenvalue weighted by molar-refractivity contribution is 14.1. The summed E-state index contributed by atoms with van der Waals surface area (Å²) < 4.78 is 11.8. The largest absolute Gasteiger partial charge is 0.398 e. The third-order valence-corrected chi connectivity index (χ3v) is 3.94. The van der Waals surface area contributed by atoms with Crippen molar-refractivity contribution >= 4 is 28.3 Å². The molecule has 0 saturated carbocycles. The van der Waals surface area contributed by atoms with Gasteiger partial charge in [-0.25, -0.2) is 0 Å². The number of nitrogen functional groups attached to an aromatic ring is 1. The zero-order valence-corrected chi connectivity index (χ0v) is 12.5. The van der Waals surface area contributed by atoms with Crippen LogP contribution in [-0.2, 0) is 4.74 Å². The molecule has 2 N–H and O–H groups in total. The predicted octanol–water partition coefficient (Wildman–Crippen LogP) is 2.82. The lowest BCUT2D eigenvalue weighted by atomic mass is 10.00. The van der Waals surface area contributed by atoms with Crippen molar-refractivity contribution in [2.75, 3.05) is 18.9 Å². The molecule has 1 aliphatic rings. The summed E-state index contributed by atoms with van der Waals surface area (Å²) in [6.45, 7) is 1.53. The molecule has 0 atom stereocenters. The van der Waals surface area contributed by atoms with Crippen molar-refractivity contribution < 1.29 is 9.26 Å². The molecule has 1 aromatic carbocycles. The zero-order chi connectivity index (χ0) is 13.2. The van der Waals surface area contributed by atoms with Crippen molar-refractivity contribution in [2.24, 2.45) is 0 Å². The number of halogens is 1. The first-order valence-electron chi connectivity index (χ1n) is 6.21. The van der Waals surface area contributed by atoms with E-state index in [1.165, 1.54) is 0 Å². The van der Waals surface area contributed by atoms with Crippen LogP contribution in [0.15, 0.2) is 22.7 Å². The Hall–Kier alpha value is -1.15. The minimum Gasteiger partial charge on any atom is -0.398 e. The molecular weight excluding hydrogens is 357 g/mol. The van der Waals surface area contributed by atoms with E-state index in [-0.39, 0.29) is 0 Å². The normalized spacial score (nSPS) is 16.7. The number of ether oxygens (including phenoxy) is 1. The molecule has 1 saturated heterocycles. The van der Waals surface area contributed by atoms with Gasteiger partial charge in [-0.1, -0.05) is 5.16 Å². The summed E-state index contributed by atoms with van der Waals surface area (Å²) in [5.41, 5.74) is 7.42. The Bertz CT molecular complexity index is 579. The van der Waals surface area contributed by atoms with E-state index in [1.54, 1.807) is 0 Å². The summed E-state index contributed by atoms with van der Waals surface area (Å²) in [5, 5.41) is 4.09. The van der Waals surface area contributed by atoms with Crippen molar-refractivity contribution in [3.8, 4) is 11.5 Å². The van der Waals surface area contributed by atoms with Crippen LogP contribution in [-0.4, -0.2) is 23.4 Å². The minimum absolute atomic E-state index is 0.329. The van der Waals surface area contributed by atoms with Crippen LogP contribution in [0.25, 0.3) is 11.5 Å². The van der Waals surface area contributed by atoms with Crippen LogP contribution in [0.3, 0.4) is 0 Å². The smallest absolute Gasteiger partial charge is 0.260 e. The molecule has 0 unspecified atom stereocenters. The summed E-state index contributed by atoms with van der Waals surface area (Å²) in [7, 11) is 0. The highest BCUT2D eigenvalue weighted by Crippen LogP contribution is 2.30. The van der Waals surface area contributed by atoms with Crippen LogP contribution in [0.1, 0.15) is 24.6 Å². The average molecular weight is 371 g/mol. The van der Waals surface area contributed by atoms with Crippen LogP contribution in [0.5, 0.6) is 0 Å². The number of anilines is 1. The fourth-order valence-corrected chi connectivity index (χ4v) is 2.67. The Kier molecular flexibility index (Phi) is 3.69. The van der Waals surface area contributed by atoms with Gasteiger partial charge in [0.15, 0.2) is 5.82 Å². The van der Waals surface area contributed by atoms with Crippen molar-refractivity contribution in [3.63, 3.8) is 0 Å². The molecule has 6 heteroatoms. The molecule has 2 aromatic rings. The lowest BCUT2D eigenvalue weighted by Crippen LogP contribution is -2.15. The van der Waals surface area contributed by atoms with Crippen LogP contribution < -0.4 is 5.73 Å². The summed E-state index contributed by atoms with van der Waals surface area (Å²) in [5.74, 6) is 1.59. The third kappa shape index (κ3) is 2.74. The molecule has 1 aromatic heterocycles. The predicted molar refractivity (Wildman–Crippen MR) is 79.7 cm³/mol. The lowest BCUT2D eigenvalue weighted by molar-refractivity contribution is 0.0830. The standard InChI is InChI=1S/C13H14IN3O2/c14-9-1-2-11(15)10(7-9)13-16-12(17-19-13)8-3-5-18-6-4-8/h1-2,7-8H,3-6,15H2. The third-order valence-electron chi connectivity index (χ3n) is 3.27. The average Bonchev–Trinajstić information content (AvgIpc) is 2.92. The van der Waals surface area contributed by atoms with E-state index in [0.29, 0.717) is 17.5 Å². The summed E-state index contributed by atoms with van der Waals surface area (Å²) in [6.07, 6.45) is 1.89. The molecular formula is C13H14IN3O2. The van der Waals surface area contributed by atoms with Crippen molar-refractivity contribution in [1.82, 2.24) is 10.1 Å². The Morgan fingerprint density at radius 1 is 1.26 bits per heavy atom. The van der Waals surface area contributed by atoms with E-state index in [1.807, 2.05) is 18.2 Å². The van der Waals surface area contributed by atoms with Gasteiger partial charge in [-0.2, -0.15) is 4.98 Å². The van der Waals surface area contributed by atoms with Crippen LogP contribution in [0, 0.1) is 3.57 Å². The molecule has 5 nitrogen and oxygen atoms in total. The monoisotopic (exact) mass is 371 g/mol. The Morgan fingerprint density at radius 3 is 2.84 bits per heavy atom. The summed E-state index contributed by atoms with van der Waals surface area (Å²) in [6, 6.07) is 5.77. The number of nitrogens with two attached hydrogens (primary N) is 1. The second-order valence-corrected chi connectivity index (χ2v) is 5.82. The van der Waals surface area contributed by atoms with Gasteiger partial charge >= 0.3 is 0 Å². The second-order valence-electron chi connectivity index (χ2n) is 4.58. The van der Waals surface area contributed by atoms with E-state index in [9.17, 15) is 0 Å². The summed E-state index contributed by atoms with van der Waals surface area (Å²) >= 11 is 2.24. The SMILES string of the molecule is Nc1ccc(I)cc1-c1nc(C2CCOCC2)no1. The number of aromatic nitrogens is 2. The molecule has 0 bridgehead atoms. The summed E-state index contributed by atoms with van der Waals surface area (Å²) in [4.78, 5) is 4.49. The molecule has 3 rings (SSSR count). The maximum absolute atomic E-state index is 5.96. The van der Waals surface area contributed by atoms with Gasteiger partial charge in [-0.3, -0.25) is 0 Å². The molecule has 0 radical (unpaired) electrons. The second kappa shape index (κ2) is 5.46. The van der Waals surface area contributed by atoms with E-state index in [4.69, 9.17) is 15.0 Å². The van der Waals surface area contributed by atoms with E-state index >= 15 is 0 Å². The maximum Gasteiger partial charge on any atom is 0.260 e. The van der Waals surface area contributed by atoms with Crippen LogP contribution >= 0.6 is 22.6 Å². The van der Waals surface area contributed by atoms with Gasteiger partial charge in [0, 0.05) is 28.4 Å². The Balaban J connectivity index is 1.89. The number of rotatable bonds is 2. The molecule has 0 spiro atoms. The Morgan fingerprint density at radius 2 is 2.05 bits per heavy atom. The zero-order valence-electron chi connectivity index (χ0n) is 10.3. The van der Waals surface area contributed by atoms with Gasteiger partial charge in [0.1, 0.15) is 0 Å². The molecule has 0 aliphatic carbocycles. The number of hydrogen-bond acceptors (Lipinski definition) is 5. The van der Waals surface area contributed by atoms with Gasteiger partial charge in [0.2, 0.25) is 0 Å². The van der Waals surface area contributed by atoms with Crippen molar-refractivity contribution in [2.45, 2.75) is 18.8 Å². The van der Waals surface area contributed by atoms with Gasteiger partial charge in [0.05, 0.1) is 5.56 Å². The molecule has 100 valence electrons. The van der Waals surface area contributed by atoms with Gasteiger partial charge < -0.3 is 15.0 Å². The first kappa shape index (κ1) is 12.9. The van der Waals surface area contributed by atoms with Gasteiger partial charge in [-0.15, -0.1) is 0 Å². The van der Waals surface area contributed by atoms with Gasteiger partial charge in [-0.05, 0) is 53.6 Å². The first-order chi connectivity index (χ1) is 9.24. The minimum atomic E-state index is 0.329. The molecule has 19 heavy (non-hydrogen) atoms. The quantitative estimate of drug-likeness (QED) is 0.649. The number of benzene rings is 1. The molecule has 1 fully saturated rings.